The van der Waals surface area contributed by atoms with Crippen LogP contribution in [0.3, 0.4) is 0 Å². The second-order valence-electron chi connectivity index (χ2n) is 9.72. The average molecular weight is 639 g/mol. The van der Waals surface area contributed by atoms with E-state index in [1.807, 2.05) is 13.8 Å². The minimum Gasteiger partial charge on any atom is -0.352 e. The molecule has 7 nitrogen and oxygen atoms in total. The normalized spacial score (nSPS) is 12.9. The van der Waals surface area contributed by atoms with E-state index in [4.69, 9.17) is 34.8 Å². The van der Waals surface area contributed by atoms with Gasteiger partial charge in [-0.1, -0.05) is 72.9 Å². The molecule has 0 spiro atoms. The number of hydrogen-bond acceptors (Lipinski definition) is 4. The zero-order valence-electron chi connectivity index (χ0n) is 23.4. The molecular formula is C30H34Cl3N3O4S. The molecule has 2 atom stereocenters. The van der Waals surface area contributed by atoms with Crippen molar-refractivity contribution in [2.75, 3.05) is 10.8 Å². The Kier molecular flexibility index (Phi) is 11.5. The number of rotatable bonds is 12. The van der Waals surface area contributed by atoms with Crippen LogP contribution in [0.5, 0.6) is 0 Å². The summed E-state index contributed by atoms with van der Waals surface area (Å²) >= 11 is 19.1. The Hall–Kier alpha value is -2.78. The molecule has 0 saturated heterocycles. The van der Waals surface area contributed by atoms with Crippen molar-refractivity contribution in [2.24, 2.45) is 0 Å². The van der Waals surface area contributed by atoms with Gasteiger partial charge < -0.3 is 10.2 Å². The van der Waals surface area contributed by atoms with Crippen LogP contribution in [-0.4, -0.2) is 43.8 Å². The third kappa shape index (κ3) is 7.95. The van der Waals surface area contributed by atoms with Gasteiger partial charge in [-0.2, -0.15) is 0 Å². The highest BCUT2D eigenvalue weighted by Gasteiger charge is 2.35. The maximum absolute atomic E-state index is 14.2. The highest BCUT2D eigenvalue weighted by Crippen LogP contribution is 2.31. The van der Waals surface area contributed by atoms with Crippen LogP contribution in [0, 0.1) is 6.92 Å². The molecule has 0 aromatic heterocycles. The molecule has 0 aliphatic rings. The van der Waals surface area contributed by atoms with E-state index in [1.54, 1.807) is 68.4 Å². The number of sulfonamides is 1. The van der Waals surface area contributed by atoms with Crippen molar-refractivity contribution < 1.29 is 18.0 Å². The monoisotopic (exact) mass is 637 g/mol. The fraction of sp³-hybridized carbons (Fsp3) is 0.333. The smallest absolute Gasteiger partial charge is 0.264 e. The number of benzene rings is 3. The van der Waals surface area contributed by atoms with Crippen molar-refractivity contribution in [3.05, 3.63) is 92.9 Å². The lowest BCUT2D eigenvalue weighted by Gasteiger charge is -2.34. The molecule has 0 bridgehead atoms. The van der Waals surface area contributed by atoms with Gasteiger partial charge in [0.15, 0.2) is 0 Å². The highest BCUT2D eigenvalue weighted by atomic mass is 35.5. The summed E-state index contributed by atoms with van der Waals surface area (Å²) in [4.78, 5) is 29.0. The first-order valence-electron chi connectivity index (χ1n) is 13.3. The van der Waals surface area contributed by atoms with Gasteiger partial charge in [-0.3, -0.25) is 13.9 Å². The van der Waals surface area contributed by atoms with E-state index in [9.17, 15) is 18.0 Å². The van der Waals surface area contributed by atoms with E-state index in [2.05, 4.69) is 5.32 Å². The lowest BCUT2D eigenvalue weighted by atomic mass is 10.1. The molecule has 3 aromatic carbocycles. The molecule has 0 unspecified atom stereocenters. The van der Waals surface area contributed by atoms with Gasteiger partial charge in [0.1, 0.15) is 12.6 Å². The number of nitrogens with one attached hydrogen (secondary N) is 1. The van der Waals surface area contributed by atoms with Crippen LogP contribution in [0.4, 0.5) is 5.69 Å². The fourth-order valence-electron chi connectivity index (χ4n) is 4.35. The molecule has 1 N–H and O–H groups in total. The fourth-order valence-corrected chi connectivity index (χ4v) is 6.59. The number of carbonyl (C=O) groups is 2. The van der Waals surface area contributed by atoms with Gasteiger partial charge in [0.05, 0.1) is 10.6 Å². The maximum Gasteiger partial charge on any atom is 0.264 e. The molecule has 0 aliphatic carbocycles. The second kappa shape index (κ2) is 14.4. The third-order valence-electron chi connectivity index (χ3n) is 6.81. The van der Waals surface area contributed by atoms with E-state index >= 15 is 0 Å². The van der Waals surface area contributed by atoms with Crippen LogP contribution < -0.4 is 9.62 Å². The van der Waals surface area contributed by atoms with E-state index in [0.717, 1.165) is 4.31 Å². The van der Waals surface area contributed by atoms with Gasteiger partial charge in [0, 0.05) is 33.2 Å². The Labute approximate surface area is 257 Å². The van der Waals surface area contributed by atoms with Gasteiger partial charge in [0.2, 0.25) is 11.8 Å². The van der Waals surface area contributed by atoms with Crippen molar-refractivity contribution in [3.63, 3.8) is 0 Å². The number of halogens is 3. The summed E-state index contributed by atoms with van der Waals surface area (Å²) < 4.78 is 29.0. The largest absolute Gasteiger partial charge is 0.352 e. The molecule has 11 heteroatoms. The highest BCUT2D eigenvalue weighted by molar-refractivity contribution is 7.92. The first-order chi connectivity index (χ1) is 19.4. The predicted octanol–water partition coefficient (Wildman–Crippen LogP) is 6.87. The van der Waals surface area contributed by atoms with E-state index in [1.165, 1.54) is 17.0 Å². The minimum absolute atomic E-state index is 0.0180. The van der Waals surface area contributed by atoms with Gasteiger partial charge in [-0.25, -0.2) is 8.42 Å². The van der Waals surface area contributed by atoms with Crippen LogP contribution in [0.1, 0.15) is 44.7 Å². The number of aryl methyl sites for hydroxylation is 1. The Bertz CT molecular complexity index is 1470. The van der Waals surface area contributed by atoms with E-state index in [-0.39, 0.29) is 29.8 Å². The quantitative estimate of drug-likeness (QED) is 0.235. The Morgan fingerprint density at radius 2 is 1.54 bits per heavy atom. The van der Waals surface area contributed by atoms with Crippen molar-refractivity contribution in [2.45, 2.75) is 64.1 Å². The van der Waals surface area contributed by atoms with Crippen LogP contribution >= 0.6 is 34.8 Å². The summed E-state index contributed by atoms with van der Waals surface area (Å²) in [5.74, 6) is -0.945. The lowest BCUT2D eigenvalue weighted by Crippen LogP contribution is -2.53. The molecule has 0 fully saturated rings. The van der Waals surface area contributed by atoms with Crippen molar-refractivity contribution in [3.8, 4) is 0 Å². The maximum atomic E-state index is 14.2. The number of carbonyl (C=O) groups excluding carboxylic acids is 2. The Morgan fingerprint density at radius 3 is 2.10 bits per heavy atom. The number of amides is 2. The summed E-state index contributed by atoms with van der Waals surface area (Å²) in [6, 6.07) is 16.6. The molecular weight excluding hydrogens is 605 g/mol. The lowest BCUT2D eigenvalue weighted by molar-refractivity contribution is -0.140. The first kappa shape index (κ1) is 32.7. The van der Waals surface area contributed by atoms with E-state index < -0.39 is 28.5 Å². The topological polar surface area (TPSA) is 86.8 Å². The third-order valence-corrected chi connectivity index (χ3v) is 9.53. The molecule has 41 heavy (non-hydrogen) atoms. The van der Waals surface area contributed by atoms with Crippen LogP contribution in [0.25, 0.3) is 0 Å². The summed E-state index contributed by atoms with van der Waals surface area (Å²) in [6.07, 6.45) is 0.979. The summed E-state index contributed by atoms with van der Waals surface area (Å²) in [5, 5.41) is 4.03. The summed E-state index contributed by atoms with van der Waals surface area (Å²) in [5.41, 5.74) is 1.31. The van der Waals surface area contributed by atoms with Gasteiger partial charge in [-0.15, -0.1) is 0 Å². The van der Waals surface area contributed by atoms with Crippen molar-refractivity contribution >= 4 is 62.3 Å². The summed E-state index contributed by atoms with van der Waals surface area (Å²) in [7, 11) is -4.19. The molecule has 0 heterocycles. The van der Waals surface area contributed by atoms with Gasteiger partial charge in [0.25, 0.3) is 10.0 Å². The molecule has 220 valence electrons. The number of anilines is 1. The van der Waals surface area contributed by atoms with Gasteiger partial charge >= 0.3 is 0 Å². The van der Waals surface area contributed by atoms with Crippen LogP contribution in [-0.2, 0) is 26.2 Å². The average Bonchev–Trinajstić information content (AvgIpc) is 2.93. The Morgan fingerprint density at radius 1 is 0.902 bits per heavy atom. The van der Waals surface area contributed by atoms with Crippen molar-refractivity contribution in [1.82, 2.24) is 10.2 Å². The van der Waals surface area contributed by atoms with Crippen LogP contribution in [0.2, 0.25) is 15.1 Å². The molecule has 3 aromatic rings. The van der Waals surface area contributed by atoms with Gasteiger partial charge in [-0.05, 0) is 74.7 Å². The number of nitrogens with zero attached hydrogens (tertiary/aromatic N) is 2. The number of hydrogen-bond donors (Lipinski definition) is 1. The molecule has 0 radical (unpaired) electrons. The van der Waals surface area contributed by atoms with E-state index in [0.29, 0.717) is 38.3 Å². The standard InChI is InChI=1S/C30H34Cl3N3O4S/c1-5-21(4)34-30(38)27(6-2)35(18-24-25(32)13-10-14-26(24)33)29(37)19-36(28-16-15-22(31)17-20(28)3)41(39,40)23-11-8-7-9-12-23/h7-17,21,27H,5-6,18-19H2,1-4H3,(H,34,38)/t21-,27-/m1/s1. The minimum atomic E-state index is -4.19. The van der Waals surface area contributed by atoms with Crippen LogP contribution in [0.15, 0.2) is 71.6 Å². The molecule has 0 saturated carbocycles. The first-order valence-corrected chi connectivity index (χ1v) is 15.8. The van der Waals surface area contributed by atoms with Crippen molar-refractivity contribution in [1.29, 1.82) is 0 Å². The molecule has 3 rings (SSSR count). The molecule has 0 aliphatic heterocycles. The second-order valence-corrected chi connectivity index (χ2v) is 12.8. The predicted molar refractivity (Wildman–Crippen MR) is 166 cm³/mol. The summed E-state index contributed by atoms with van der Waals surface area (Å²) in [6.45, 7) is 6.65. The molecule has 2 amide bonds. The Balaban J connectivity index is 2.12. The zero-order valence-corrected chi connectivity index (χ0v) is 26.5. The SMILES string of the molecule is CC[C@@H](C)NC(=O)[C@@H](CC)N(Cc1c(Cl)cccc1Cl)C(=O)CN(c1ccc(Cl)cc1C)S(=O)(=O)c1ccccc1. The zero-order chi connectivity index (χ0) is 30.3.